The predicted molar refractivity (Wildman–Crippen MR) is 115 cm³/mol. The molecule has 1 aliphatic carbocycles. The zero-order valence-corrected chi connectivity index (χ0v) is 19.0. The number of halogens is 5. The van der Waals surface area contributed by atoms with Crippen molar-refractivity contribution in [1.29, 1.82) is 0 Å². The third-order valence-corrected chi connectivity index (χ3v) is 7.37. The Bertz CT molecular complexity index is 1330. The largest absolute Gasteiger partial charge is 0.416 e. The summed E-state index contributed by atoms with van der Waals surface area (Å²) in [4.78, 5) is 11.9. The van der Waals surface area contributed by atoms with Gasteiger partial charge in [-0.15, -0.1) is 0 Å². The van der Waals surface area contributed by atoms with E-state index < -0.39 is 33.5 Å². The molecule has 1 saturated carbocycles. The second-order valence-corrected chi connectivity index (χ2v) is 9.97. The lowest BCUT2D eigenvalue weighted by Crippen LogP contribution is -2.38. The monoisotopic (exact) mass is 515 g/mol. The van der Waals surface area contributed by atoms with Gasteiger partial charge in [0.15, 0.2) is 5.15 Å². The molecule has 0 bridgehead atoms. The van der Waals surface area contributed by atoms with Gasteiger partial charge in [0.1, 0.15) is 5.82 Å². The Balaban J connectivity index is 1.61. The minimum Gasteiger partial charge on any atom is -0.274 e. The quantitative estimate of drug-likeness (QED) is 0.474. The SMILES string of the molecule is O=C(NS(=O)(=O)c1ccc(F)cc1Cc1cn(-c2ccc(C(F)(F)F)cc2)nc1Cl)C1CCC1. The third kappa shape index (κ3) is 5.10. The zero-order chi connectivity index (χ0) is 24.7. The van der Waals surface area contributed by atoms with Gasteiger partial charge in [-0.1, -0.05) is 18.0 Å². The molecule has 3 aromatic rings. The Morgan fingerprint density at radius 2 is 1.79 bits per heavy atom. The fraction of sp³-hybridized carbons (Fsp3) is 0.273. The van der Waals surface area contributed by atoms with Crippen molar-refractivity contribution < 1.29 is 30.8 Å². The number of carbonyl (C=O) groups excluding carboxylic acids is 1. The average molecular weight is 516 g/mol. The van der Waals surface area contributed by atoms with Gasteiger partial charge >= 0.3 is 6.18 Å². The molecule has 1 aromatic heterocycles. The molecule has 34 heavy (non-hydrogen) atoms. The Morgan fingerprint density at radius 1 is 1.12 bits per heavy atom. The smallest absolute Gasteiger partial charge is 0.274 e. The first-order chi connectivity index (χ1) is 15.9. The third-order valence-electron chi connectivity index (χ3n) is 5.60. The van der Waals surface area contributed by atoms with E-state index in [-0.39, 0.29) is 28.0 Å². The van der Waals surface area contributed by atoms with Gasteiger partial charge in [-0.2, -0.15) is 18.3 Å². The molecule has 12 heteroatoms. The van der Waals surface area contributed by atoms with Gasteiger partial charge in [0.05, 0.1) is 16.1 Å². The Labute approximate surface area is 197 Å². The van der Waals surface area contributed by atoms with Crippen LogP contribution in [0.15, 0.2) is 53.6 Å². The fourth-order valence-corrected chi connectivity index (χ4v) is 5.00. The molecule has 180 valence electrons. The number of benzene rings is 2. The topological polar surface area (TPSA) is 81.1 Å². The predicted octanol–water partition coefficient (Wildman–Crippen LogP) is 4.88. The number of rotatable bonds is 6. The highest BCUT2D eigenvalue weighted by Gasteiger charge is 2.31. The van der Waals surface area contributed by atoms with Gasteiger partial charge in [0, 0.05) is 24.1 Å². The second kappa shape index (κ2) is 9.03. The van der Waals surface area contributed by atoms with E-state index >= 15 is 0 Å². The van der Waals surface area contributed by atoms with Crippen molar-refractivity contribution in [3.05, 3.63) is 76.3 Å². The molecule has 6 nitrogen and oxygen atoms in total. The molecule has 1 heterocycles. The van der Waals surface area contributed by atoms with Crippen LogP contribution in [0.25, 0.3) is 5.69 Å². The summed E-state index contributed by atoms with van der Waals surface area (Å²) in [5, 5.41) is 4.03. The molecule has 0 radical (unpaired) electrons. The summed E-state index contributed by atoms with van der Waals surface area (Å²) in [6, 6.07) is 7.27. The summed E-state index contributed by atoms with van der Waals surface area (Å²) in [5.74, 6) is -1.66. The van der Waals surface area contributed by atoms with E-state index in [1.165, 1.54) is 23.0 Å². The molecule has 0 aliphatic heterocycles. The van der Waals surface area contributed by atoms with Crippen LogP contribution in [-0.2, 0) is 27.4 Å². The molecule has 0 unspecified atom stereocenters. The number of hydrogen-bond donors (Lipinski definition) is 1. The number of alkyl halides is 3. The van der Waals surface area contributed by atoms with E-state index in [9.17, 15) is 30.8 Å². The van der Waals surface area contributed by atoms with E-state index in [1.54, 1.807) is 0 Å². The van der Waals surface area contributed by atoms with Gasteiger partial charge < -0.3 is 0 Å². The molecule has 0 saturated heterocycles. The summed E-state index contributed by atoms with van der Waals surface area (Å²) < 4.78 is 81.3. The number of sulfonamides is 1. The number of nitrogens with one attached hydrogen (secondary N) is 1. The van der Waals surface area contributed by atoms with Crippen LogP contribution >= 0.6 is 11.6 Å². The standard InChI is InChI=1S/C22H18ClF4N3O3S/c23-20-15(12-30(28-20)18-7-4-16(5-8-18)22(25,26)27)10-14-11-17(24)6-9-19(14)34(32,33)29-21(31)13-2-1-3-13/h4-9,11-13H,1-3,10H2,(H,29,31). The summed E-state index contributed by atoms with van der Waals surface area (Å²) in [5.41, 5.74) is -0.175. The highest BCUT2D eigenvalue weighted by molar-refractivity contribution is 7.90. The van der Waals surface area contributed by atoms with Crippen molar-refractivity contribution in [2.24, 2.45) is 5.92 Å². The summed E-state index contributed by atoms with van der Waals surface area (Å²) in [6.07, 6.45) is -1.16. The molecule has 2 aromatic carbocycles. The number of hydrogen-bond acceptors (Lipinski definition) is 4. The van der Waals surface area contributed by atoms with E-state index in [2.05, 4.69) is 5.10 Å². The van der Waals surface area contributed by atoms with Crippen molar-refractivity contribution in [3.8, 4) is 5.69 Å². The highest BCUT2D eigenvalue weighted by Crippen LogP contribution is 2.31. The molecule has 4 rings (SSSR count). The summed E-state index contributed by atoms with van der Waals surface area (Å²) in [7, 11) is -4.27. The van der Waals surface area contributed by atoms with Crippen LogP contribution in [0, 0.1) is 11.7 Å². The van der Waals surface area contributed by atoms with Crippen LogP contribution < -0.4 is 4.72 Å². The van der Waals surface area contributed by atoms with Crippen molar-refractivity contribution in [3.63, 3.8) is 0 Å². The minimum absolute atomic E-state index is 0.0361. The first kappa shape index (κ1) is 24.2. The lowest BCUT2D eigenvalue weighted by molar-refractivity contribution is -0.137. The lowest BCUT2D eigenvalue weighted by atomic mass is 9.85. The van der Waals surface area contributed by atoms with E-state index in [4.69, 9.17) is 11.6 Å². The number of carbonyl (C=O) groups is 1. The maximum absolute atomic E-state index is 14.0. The van der Waals surface area contributed by atoms with Gasteiger partial charge in [0.2, 0.25) is 5.91 Å². The van der Waals surface area contributed by atoms with E-state index in [0.29, 0.717) is 24.1 Å². The lowest BCUT2D eigenvalue weighted by Gasteiger charge is -2.24. The van der Waals surface area contributed by atoms with E-state index in [1.807, 2.05) is 4.72 Å². The van der Waals surface area contributed by atoms with Gasteiger partial charge in [-0.05, 0) is 60.9 Å². The van der Waals surface area contributed by atoms with Crippen molar-refractivity contribution in [2.75, 3.05) is 0 Å². The molecule has 1 aliphatic rings. The first-order valence-electron chi connectivity index (χ1n) is 10.2. The summed E-state index contributed by atoms with van der Waals surface area (Å²) in [6.45, 7) is 0. The van der Waals surface area contributed by atoms with Crippen LogP contribution in [0.5, 0.6) is 0 Å². The second-order valence-electron chi connectivity index (χ2n) is 7.96. The number of nitrogens with zero attached hydrogens (tertiary/aromatic N) is 2. The number of aromatic nitrogens is 2. The Hall–Kier alpha value is -2.92. The molecular formula is C22H18ClF4N3O3S. The molecule has 0 spiro atoms. The Kier molecular flexibility index (Phi) is 6.43. The average Bonchev–Trinajstić information content (AvgIpc) is 3.06. The Morgan fingerprint density at radius 3 is 2.38 bits per heavy atom. The number of amides is 1. The maximum atomic E-state index is 14.0. The van der Waals surface area contributed by atoms with Crippen LogP contribution in [0.3, 0.4) is 0 Å². The van der Waals surface area contributed by atoms with Gasteiger partial charge in [-0.3, -0.25) is 4.79 Å². The molecule has 1 fully saturated rings. The van der Waals surface area contributed by atoms with E-state index in [0.717, 1.165) is 36.8 Å². The summed E-state index contributed by atoms with van der Waals surface area (Å²) >= 11 is 6.18. The molecule has 1 amide bonds. The molecule has 0 atom stereocenters. The zero-order valence-electron chi connectivity index (χ0n) is 17.4. The maximum Gasteiger partial charge on any atom is 0.416 e. The van der Waals surface area contributed by atoms with Crippen LogP contribution in [0.1, 0.15) is 36.0 Å². The van der Waals surface area contributed by atoms with Gasteiger partial charge in [-0.25, -0.2) is 22.2 Å². The van der Waals surface area contributed by atoms with Crippen LogP contribution in [0.2, 0.25) is 5.15 Å². The normalized spacial score (nSPS) is 14.6. The van der Waals surface area contributed by atoms with Crippen molar-refractivity contribution in [2.45, 2.75) is 36.8 Å². The molecular weight excluding hydrogens is 498 g/mol. The first-order valence-corrected chi connectivity index (χ1v) is 12.1. The molecule has 1 N–H and O–H groups in total. The highest BCUT2D eigenvalue weighted by atomic mass is 35.5. The van der Waals surface area contributed by atoms with Crippen LogP contribution in [-0.4, -0.2) is 24.1 Å². The van der Waals surface area contributed by atoms with Gasteiger partial charge in [0.25, 0.3) is 10.0 Å². The minimum atomic E-state index is -4.49. The van der Waals surface area contributed by atoms with Crippen molar-refractivity contribution in [1.82, 2.24) is 14.5 Å². The fourth-order valence-electron chi connectivity index (χ4n) is 3.54. The van der Waals surface area contributed by atoms with Crippen molar-refractivity contribution >= 4 is 27.5 Å². The van der Waals surface area contributed by atoms with Crippen LogP contribution in [0.4, 0.5) is 17.6 Å².